The van der Waals surface area contributed by atoms with Crippen molar-refractivity contribution in [2.45, 2.75) is 6.04 Å². The van der Waals surface area contributed by atoms with Crippen LogP contribution < -0.4 is 5.32 Å². The maximum atomic E-state index is 8.90. The smallest absolute Gasteiger partial charge is 0.168 e. The molecule has 0 aromatic heterocycles. The Bertz CT molecular complexity index is 973. The Morgan fingerprint density at radius 2 is 2.19 bits per heavy atom. The number of hydrogen-bond donors (Lipinski definition) is 1. The molecule has 5 nitrogen and oxygen atoms in total. The Morgan fingerprint density at radius 3 is 2.93 bits per heavy atom. The van der Waals surface area contributed by atoms with Gasteiger partial charge in [0, 0.05) is 11.9 Å². The average Bonchev–Trinajstić information content (AvgIpc) is 3.30. The number of thioether (sulfide) groups is 2. The minimum atomic E-state index is 0.160. The molecule has 0 radical (unpaired) electrons. The van der Waals surface area contributed by atoms with Gasteiger partial charge in [0.25, 0.3) is 0 Å². The number of aliphatic imine (C=N–C) groups is 2. The molecule has 0 saturated carbocycles. The summed E-state index contributed by atoms with van der Waals surface area (Å²) < 4.78 is 0. The van der Waals surface area contributed by atoms with Gasteiger partial charge in [0.05, 0.1) is 29.9 Å². The summed E-state index contributed by atoms with van der Waals surface area (Å²) in [6, 6.07) is 17.9. The fourth-order valence-corrected chi connectivity index (χ4v) is 4.08. The van der Waals surface area contributed by atoms with Crippen LogP contribution in [0.3, 0.4) is 0 Å². The first-order valence-corrected chi connectivity index (χ1v) is 10.5. The lowest BCUT2D eigenvalue weighted by Crippen LogP contribution is -2.16. The van der Waals surface area contributed by atoms with Crippen LogP contribution in [0.15, 0.2) is 70.1 Å². The quantitative estimate of drug-likeness (QED) is 0.592. The SMILES string of the molecule is CSC(=Nc1ccc(C#N)cc1)Nc1cccc(C2CN3C=CSC3=N2)c1. The molecule has 0 saturated heterocycles. The van der Waals surface area contributed by atoms with Crippen LogP contribution in [0, 0.1) is 11.3 Å². The Labute approximate surface area is 166 Å². The van der Waals surface area contributed by atoms with Gasteiger partial charge in [-0.05, 0) is 53.6 Å². The van der Waals surface area contributed by atoms with E-state index in [-0.39, 0.29) is 6.04 Å². The summed E-state index contributed by atoms with van der Waals surface area (Å²) in [5.41, 5.74) is 3.63. The van der Waals surface area contributed by atoms with E-state index in [1.54, 1.807) is 35.7 Å². The molecular weight excluding hydrogens is 374 g/mol. The van der Waals surface area contributed by atoms with Crippen LogP contribution in [0.4, 0.5) is 11.4 Å². The molecular formula is C20H17N5S2. The van der Waals surface area contributed by atoms with Gasteiger partial charge in [-0.15, -0.1) is 0 Å². The van der Waals surface area contributed by atoms with Crippen LogP contribution in [0.2, 0.25) is 0 Å². The number of nitriles is 1. The van der Waals surface area contributed by atoms with Crippen molar-refractivity contribution in [1.82, 2.24) is 4.90 Å². The largest absolute Gasteiger partial charge is 0.335 e. The van der Waals surface area contributed by atoms with Crippen molar-refractivity contribution in [3.05, 3.63) is 71.3 Å². The number of nitrogens with zero attached hydrogens (tertiary/aromatic N) is 4. The van der Waals surface area contributed by atoms with E-state index in [1.807, 2.05) is 30.5 Å². The summed E-state index contributed by atoms with van der Waals surface area (Å²) in [6.45, 7) is 0.886. The van der Waals surface area contributed by atoms with E-state index in [0.717, 1.165) is 28.3 Å². The van der Waals surface area contributed by atoms with Gasteiger partial charge in [-0.1, -0.05) is 35.7 Å². The zero-order chi connectivity index (χ0) is 18.6. The maximum absolute atomic E-state index is 8.90. The number of rotatable bonds is 3. The minimum absolute atomic E-state index is 0.160. The number of benzene rings is 2. The molecule has 134 valence electrons. The van der Waals surface area contributed by atoms with Crippen LogP contribution in [-0.4, -0.2) is 28.0 Å². The van der Waals surface area contributed by atoms with E-state index in [0.29, 0.717) is 5.56 Å². The van der Waals surface area contributed by atoms with Crippen molar-refractivity contribution in [3.8, 4) is 6.07 Å². The van der Waals surface area contributed by atoms with Crippen LogP contribution in [0.1, 0.15) is 17.2 Å². The third-order valence-electron chi connectivity index (χ3n) is 4.24. The summed E-state index contributed by atoms with van der Waals surface area (Å²) in [5.74, 6) is 0. The highest BCUT2D eigenvalue weighted by atomic mass is 32.2. The van der Waals surface area contributed by atoms with Crippen LogP contribution in [-0.2, 0) is 0 Å². The first-order valence-electron chi connectivity index (χ1n) is 8.43. The second kappa shape index (κ2) is 7.91. The normalized spacial score (nSPS) is 18.2. The molecule has 2 aliphatic rings. The summed E-state index contributed by atoms with van der Waals surface area (Å²) in [5, 5.41) is 16.2. The second-order valence-electron chi connectivity index (χ2n) is 6.01. The number of amidine groups is 2. The monoisotopic (exact) mass is 391 g/mol. The summed E-state index contributed by atoms with van der Waals surface area (Å²) in [7, 11) is 0. The topological polar surface area (TPSA) is 63.8 Å². The van der Waals surface area contributed by atoms with E-state index in [1.165, 1.54) is 5.56 Å². The minimum Gasteiger partial charge on any atom is -0.335 e. The van der Waals surface area contributed by atoms with Crippen LogP contribution in [0.25, 0.3) is 0 Å². The lowest BCUT2D eigenvalue weighted by Gasteiger charge is -2.13. The molecule has 7 heteroatoms. The highest BCUT2D eigenvalue weighted by Crippen LogP contribution is 2.33. The van der Waals surface area contributed by atoms with E-state index in [9.17, 15) is 0 Å². The second-order valence-corrected chi connectivity index (χ2v) is 7.68. The molecule has 27 heavy (non-hydrogen) atoms. The average molecular weight is 392 g/mol. The van der Waals surface area contributed by atoms with E-state index in [2.05, 4.69) is 45.0 Å². The first-order chi connectivity index (χ1) is 13.2. The van der Waals surface area contributed by atoms with Gasteiger partial charge in [0.2, 0.25) is 0 Å². The molecule has 1 N–H and O–H groups in total. The van der Waals surface area contributed by atoms with Gasteiger partial charge >= 0.3 is 0 Å². The fraction of sp³-hybridized carbons (Fsp3) is 0.150. The summed E-state index contributed by atoms with van der Waals surface area (Å²) in [6.07, 6.45) is 4.07. The molecule has 0 fully saturated rings. The van der Waals surface area contributed by atoms with Gasteiger partial charge in [0.1, 0.15) is 0 Å². The predicted octanol–water partition coefficient (Wildman–Crippen LogP) is 4.95. The van der Waals surface area contributed by atoms with E-state index >= 15 is 0 Å². The molecule has 0 bridgehead atoms. The Morgan fingerprint density at radius 1 is 1.33 bits per heavy atom. The van der Waals surface area contributed by atoms with Crippen molar-refractivity contribution in [1.29, 1.82) is 5.26 Å². The van der Waals surface area contributed by atoms with Crippen LogP contribution >= 0.6 is 23.5 Å². The molecule has 4 rings (SSSR count). The van der Waals surface area contributed by atoms with Gasteiger partial charge < -0.3 is 10.2 Å². The molecule has 2 aromatic carbocycles. The van der Waals surface area contributed by atoms with Gasteiger partial charge in [-0.2, -0.15) is 5.26 Å². The summed E-state index contributed by atoms with van der Waals surface area (Å²) >= 11 is 3.22. The van der Waals surface area contributed by atoms with Crippen LogP contribution in [0.5, 0.6) is 0 Å². The molecule has 1 atom stereocenters. The van der Waals surface area contributed by atoms with Crippen molar-refractivity contribution >= 4 is 45.2 Å². The lowest BCUT2D eigenvalue weighted by molar-refractivity contribution is 0.558. The van der Waals surface area contributed by atoms with Gasteiger partial charge in [-0.3, -0.25) is 4.99 Å². The molecule has 2 aromatic rings. The Hall–Kier alpha value is -2.69. The zero-order valence-electron chi connectivity index (χ0n) is 14.7. The molecule has 2 heterocycles. The van der Waals surface area contributed by atoms with Crippen molar-refractivity contribution < 1.29 is 0 Å². The van der Waals surface area contributed by atoms with Gasteiger partial charge in [-0.25, -0.2) is 4.99 Å². The standard InChI is InChI=1S/C20H17N5S2/c1-26-19(22-16-7-5-14(12-21)6-8-16)23-17-4-2-3-15(11-17)18-13-25-9-10-27-20(25)24-18/h2-11,18H,13H2,1H3,(H,22,23). The zero-order valence-corrected chi connectivity index (χ0v) is 16.3. The number of nitrogens with one attached hydrogen (secondary N) is 1. The highest BCUT2D eigenvalue weighted by Gasteiger charge is 2.27. The molecule has 0 spiro atoms. The number of fused-ring (bicyclic) bond motifs is 1. The third-order valence-corrected chi connectivity index (χ3v) is 5.63. The van der Waals surface area contributed by atoms with Gasteiger partial charge in [0.15, 0.2) is 10.3 Å². The third kappa shape index (κ3) is 4.02. The van der Waals surface area contributed by atoms with E-state index < -0.39 is 0 Å². The number of anilines is 1. The highest BCUT2D eigenvalue weighted by molar-refractivity contribution is 8.16. The Balaban J connectivity index is 1.50. The Kier molecular flexibility index (Phi) is 5.19. The molecule has 1 unspecified atom stereocenters. The predicted molar refractivity (Wildman–Crippen MR) is 115 cm³/mol. The number of hydrogen-bond acceptors (Lipinski definition) is 6. The van der Waals surface area contributed by atoms with Crippen molar-refractivity contribution in [2.75, 3.05) is 18.1 Å². The molecule has 0 amide bonds. The van der Waals surface area contributed by atoms with Crippen molar-refractivity contribution in [2.24, 2.45) is 9.98 Å². The maximum Gasteiger partial charge on any atom is 0.168 e. The fourth-order valence-electron chi connectivity index (χ4n) is 2.88. The lowest BCUT2D eigenvalue weighted by atomic mass is 10.1. The van der Waals surface area contributed by atoms with Crippen molar-refractivity contribution in [3.63, 3.8) is 0 Å². The molecule has 0 aliphatic carbocycles. The first kappa shape index (κ1) is 17.7. The molecule has 2 aliphatic heterocycles. The van der Waals surface area contributed by atoms with E-state index in [4.69, 9.17) is 10.3 Å². The summed E-state index contributed by atoms with van der Waals surface area (Å²) in [4.78, 5) is 11.6.